The van der Waals surface area contributed by atoms with Crippen molar-refractivity contribution in [3.05, 3.63) is 76.9 Å². The number of fused-ring (bicyclic) bond motifs is 1. The van der Waals surface area contributed by atoms with E-state index in [1.807, 2.05) is 18.7 Å². The van der Waals surface area contributed by atoms with Gasteiger partial charge in [-0.05, 0) is 35.7 Å². The molecule has 202 valence electrons. The maximum atomic E-state index is 13.1. The molecule has 3 aromatic rings. The van der Waals surface area contributed by atoms with Crippen LogP contribution in [0.3, 0.4) is 0 Å². The fraction of sp³-hybridized carbons (Fsp3) is 0.400. The van der Waals surface area contributed by atoms with Crippen LogP contribution in [-0.4, -0.2) is 44.9 Å². The van der Waals surface area contributed by atoms with Crippen LogP contribution in [0.1, 0.15) is 65.6 Å². The van der Waals surface area contributed by atoms with Gasteiger partial charge >= 0.3 is 6.18 Å². The van der Waals surface area contributed by atoms with Gasteiger partial charge in [0.15, 0.2) is 9.84 Å². The average Bonchev–Trinajstić information content (AvgIpc) is 3.24. The van der Waals surface area contributed by atoms with E-state index >= 15 is 0 Å². The number of rotatable bonds is 8. The summed E-state index contributed by atoms with van der Waals surface area (Å²) >= 11 is 0. The van der Waals surface area contributed by atoms with Crippen LogP contribution in [-0.2, 0) is 35.6 Å². The first-order valence-corrected chi connectivity index (χ1v) is 13.6. The Balaban J connectivity index is 1.46. The molecule has 0 aliphatic carbocycles. The van der Waals surface area contributed by atoms with Crippen molar-refractivity contribution < 1.29 is 26.4 Å². The van der Waals surface area contributed by atoms with Gasteiger partial charge in [-0.2, -0.15) is 13.2 Å². The number of hydrogen-bond acceptors (Lipinski definition) is 8. The third-order valence-corrected chi connectivity index (χ3v) is 7.97. The zero-order chi connectivity index (χ0) is 27.7. The van der Waals surface area contributed by atoms with E-state index in [4.69, 9.17) is 0 Å². The summed E-state index contributed by atoms with van der Waals surface area (Å²) in [6.45, 7) is 6.10. The highest BCUT2D eigenvalue weighted by Crippen LogP contribution is 2.38. The molecule has 38 heavy (non-hydrogen) atoms. The van der Waals surface area contributed by atoms with E-state index in [0.29, 0.717) is 17.8 Å². The molecule has 1 N–H and O–H groups in total. The van der Waals surface area contributed by atoms with E-state index in [0.717, 1.165) is 23.5 Å². The lowest BCUT2D eigenvalue weighted by molar-refractivity contribution is -0.141. The van der Waals surface area contributed by atoms with Gasteiger partial charge in [-0.15, -0.1) is 0 Å². The molecular weight excluding hydrogens is 521 g/mol. The molecule has 4 heterocycles. The van der Waals surface area contributed by atoms with Crippen LogP contribution in [0, 0.1) is 5.92 Å². The van der Waals surface area contributed by atoms with Crippen molar-refractivity contribution in [3.8, 4) is 0 Å². The highest BCUT2D eigenvalue weighted by Gasteiger charge is 2.36. The highest BCUT2D eigenvalue weighted by molar-refractivity contribution is 7.91. The van der Waals surface area contributed by atoms with E-state index in [1.165, 1.54) is 18.5 Å². The molecule has 0 unspecified atom stereocenters. The Labute approximate surface area is 218 Å². The van der Waals surface area contributed by atoms with Crippen LogP contribution in [0.4, 0.5) is 13.2 Å². The number of sulfone groups is 1. The first-order valence-electron chi connectivity index (χ1n) is 12.0. The summed E-state index contributed by atoms with van der Waals surface area (Å²) in [5.41, 5.74) is 1.39. The van der Waals surface area contributed by atoms with Gasteiger partial charge in [-0.25, -0.2) is 18.4 Å². The summed E-state index contributed by atoms with van der Waals surface area (Å²) < 4.78 is 63.1. The highest BCUT2D eigenvalue weighted by atomic mass is 32.2. The van der Waals surface area contributed by atoms with Crippen LogP contribution in [0.5, 0.6) is 0 Å². The summed E-state index contributed by atoms with van der Waals surface area (Å²) in [6, 6.07) is 5.39. The zero-order valence-electron chi connectivity index (χ0n) is 21.0. The summed E-state index contributed by atoms with van der Waals surface area (Å²) in [7, 11) is -3.36. The van der Waals surface area contributed by atoms with Crippen molar-refractivity contribution in [1.82, 2.24) is 30.2 Å². The average molecular weight is 549 g/mol. The van der Waals surface area contributed by atoms with Crippen LogP contribution in [0.15, 0.2) is 47.8 Å². The lowest BCUT2D eigenvalue weighted by Gasteiger charge is -2.27. The van der Waals surface area contributed by atoms with Gasteiger partial charge in [0.05, 0.1) is 46.7 Å². The molecule has 1 atom stereocenters. The van der Waals surface area contributed by atoms with Gasteiger partial charge < -0.3 is 5.32 Å². The number of halogens is 3. The van der Waals surface area contributed by atoms with Crippen LogP contribution in [0.2, 0.25) is 0 Å². The van der Waals surface area contributed by atoms with Crippen LogP contribution >= 0.6 is 0 Å². The smallest absolute Gasteiger partial charge is 0.346 e. The predicted octanol–water partition coefficient (Wildman–Crippen LogP) is 3.72. The van der Waals surface area contributed by atoms with Crippen molar-refractivity contribution in [1.29, 1.82) is 0 Å². The number of hydrogen-bond donors (Lipinski definition) is 1. The molecule has 1 amide bonds. The number of amides is 1. The van der Waals surface area contributed by atoms with E-state index in [9.17, 15) is 26.4 Å². The third-order valence-electron chi connectivity index (χ3n) is 6.25. The molecule has 0 bridgehead atoms. The van der Waals surface area contributed by atoms with Crippen molar-refractivity contribution in [2.45, 2.75) is 57.5 Å². The maximum absolute atomic E-state index is 13.1. The summed E-state index contributed by atoms with van der Waals surface area (Å²) in [5.74, 6) is -0.257. The van der Waals surface area contributed by atoms with E-state index < -0.39 is 21.7 Å². The second kappa shape index (κ2) is 10.7. The van der Waals surface area contributed by atoms with E-state index in [2.05, 4.69) is 25.3 Å². The lowest BCUT2D eigenvalue weighted by Crippen LogP contribution is -2.27. The topological polar surface area (TPSA) is 118 Å². The molecule has 0 saturated carbocycles. The van der Waals surface area contributed by atoms with Gasteiger partial charge in [0.25, 0.3) is 5.91 Å². The molecule has 0 spiro atoms. The summed E-state index contributed by atoms with van der Waals surface area (Å²) in [5, 5.41) is 2.75. The molecule has 13 heteroatoms. The fourth-order valence-corrected chi connectivity index (χ4v) is 5.20. The predicted molar refractivity (Wildman–Crippen MR) is 131 cm³/mol. The van der Waals surface area contributed by atoms with Gasteiger partial charge in [0, 0.05) is 25.1 Å². The molecule has 0 radical (unpaired) electrons. The Morgan fingerprint density at radius 2 is 1.92 bits per heavy atom. The van der Waals surface area contributed by atoms with Crippen LogP contribution in [0.25, 0.3) is 0 Å². The maximum Gasteiger partial charge on any atom is 0.433 e. The molecule has 1 aliphatic heterocycles. The SMILES string of the molecule is CCS(=O)(=O)c1ccc(CNC(=O)c2cnc3c(c2)CN(Cc2nccc(C(F)(F)F)n2)[C@H]3C(C)C)nc1. The molecule has 1 aliphatic rings. The number of aromatic nitrogens is 4. The minimum atomic E-state index is -4.56. The number of nitrogens with one attached hydrogen (secondary N) is 1. The van der Waals surface area contributed by atoms with Crippen molar-refractivity contribution in [2.75, 3.05) is 5.75 Å². The first kappa shape index (κ1) is 27.6. The van der Waals surface area contributed by atoms with Gasteiger partial charge in [-0.3, -0.25) is 19.7 Å². The Bertz CT molecular complexity index is 1430. The Morgan fingerprint density at radius 3 is 2.55 bits per heavy atom. The van der Waals surface area contributed by atoms with E-state index in [1.54, 1.807) is 19.1 Å². The second-order valence-corrected chi connectivity index (χ2v) is 11.6. The van der Waals surface area contributed by atoms with Gasteiger partial charge in [0.1, 0.15) is 11.5 Å². The quantitative estimate of drug-likeness (QED) is 0.453. The standard InChI is InChI=1S/C25H27F3N6O3S/c1-4-38(36,37)19-6-5-18(30-12-19)11-32-24(35)16-9-17-13-34(23(15(2)3)22(17)31-10-16)14-21-29-8-7-20(33-21)25(26,27)28/h5-10,12,15,23H,4,11,13-14H2,1-3H3,(H,32,35)/t23-/m0/s1. The molecule has 0 saturated heterocycles. The van der Waals surface area contributed by atoms with Crippen molar-refractivity contribution in [2.24, 2.45) is 5.92 Å². The largest absolute Gasteiger partial charge is 0.433 e. The number of carbonyl (C=O) groups excluding carboxylic acids is 1. The molecule has 4 rings (SSSR count). The molecular formula is C25H27F3N6O3S. The molecule has 0 aromatic carbocycles. The van der Waals surface area contributed by atoms with Crippen molar-refractivity contribution >= 4 is 15.7 Å². The number of carbonyl (C=O) groups is 1. The Morgan fingerprint density at radius 1 is 1.16 bits per heavy atom. The van der Waals surface area contributed by atoms with E-state index in [-0.39, 0.29) is 47.4 Å². The molecule has 3 aromatic heterocycles. The summed E-state index contributed by atoms with van der Waals surface area (Å²) in [6.07, 6.45) is -0.716. The summed E-state index contributed by atoms with van der Waals surface area (Å²) in [4.78, 5) is 31.2. The zero-order valence-corrected chi connectivity index (χ0v) is 21.8. The van der Waals surface area contributed by atoms with Crippen molar-refractivity contribution in [3.63, 3.8) is 0 Å². The lowest BCUT2D eigenvalue weighted by atomic mass is 9.99. The fourth-order valence-electron chi connectivity index (χ4n) is 4.37. The van der Waals surface area contributed by atoms with Crippen LogP contribution < -0.4 is 5.32 Å². The number of alkyl halides is 3. The van der Waals surface area contributed by atoms with Gasteiger partial charge in [-0.1, -0.05) is 20.8 Å². The monoisotopic (exact) mass is 548 g/mol. The van der Waals surface area contributed by atoms with Gasteiger partial charge in [0.2, 0.25) is 0 Å². The third kappa shape index (κ3) is 5.99. The Hall–Kier alpha value is -3.45. The molecule has 9 nitrogen and oxygen atoms in total. The molecule has 0 fully saturated rings. The first-order chi connectivity index (χ1) is 17.9. The number of nitrogens with zero attached hydrogens (tertiary/aromatic N) is 5. The minimum absolute atomic E-state index is 0.0296. The Kier molecular flexibility index (Phi) is 7.79. The normalized spacial score (nSPS) is 16.0. The second-order valence-electron chi connectivity index (χ2n) is 9.29. The minimum Gasteiger partial charge on any atom is -0.346 e. The number of pyridine rings is 2.